The number of carbonyl (C=O) groups is 1. The fourth-order valence-electron chi connectivity index (χ4n) is 3.80. The third-order valence-corrected chi connectivity index (χ3v) is 9.32. The van der Waals surface area contributed by atoms with E-state index in [-0.39, 0.29) is 27.7 Å². The molecule has 0 aliphatic carbocycles. The van der Waals surface area contributed by atoms with Crippen molar-refractivity contribution in [2.75, 3.05) is 13.1 Å². The van der Waals surface area contributed by atoms with Gasteiger partial charge in [-0.3, -0.25) is 0 Å². The number of benzene rings is 2. The first-order valence-electron chi connectivity index (χ1n) is 12.0. The van der Waals surface area contributed by atoms with Gasteiger partial charge in [0.1, 0.15) is 9.96 Å². The smallest absolute Gasteiger partial charge is 0.417 e. The summed E-state index contributed by atoms with van der Waals surface area (Å²) in [7, 11) is -3.89. The summed E-state index contributed by atoms with van der Waals surface area (Å²) in [6.07, 6.45) is -2.87. The van der Waals surface area contributed by atoms with Crippen molar-refractivity contribution in [3.63, 3.8) is 0 Å². The van der Waals surface area contributed by atoms with E-state index in [0.717, 1.165) is 23.0 Å². The van der Waals surface area contributed by atoms with E-state index in [2.05, 4.69) is 0 Å². The number of nitrogens with zero attached hydrogens (tertiary/aromatic N) is 1. The number of alkyl halides is 3. The summed E-state index contributed by atoms with van der Waals surface area (Å²) in [4.78, 5) is 11.5. The van der Waals surface area contributed by atoms with E-state index in [0.29, 0.717) is 25.0 Å². The largest absolute Gasteiger partial charge is 0.478 e. The van der Waals surface area contributed by atoms with Crippen LogP contribution in [0.15, 0.2) is 64.9 Å². The summed E-state index contributed by atoms with van der Waals surface area (Å²) >= 11 is 0.830. The van der Waals surface area contributed by atoms with E-state index in [9.17, 15) is 31.5 Å². The molecule has 3 aromatic rings. The van der Waals surface area contributed by atoms with E-state index < -0.39 is 33.3 Å². The van der Waals surface area contributed by atoms with Crippen LogP contribution in [0.25, 0.3) is 10.4 Å². The maximum atomic E-state index is 13.5. The molecule has 0 atom stereocenters. The van der Waals surface area contributed by atoms with E-state index in [1.165, 1.54) is 48.5 Å². The Kier molecular flexibility index (Phi) is 9.27. The van der Waals surface area contributed by atoms with Crippen molar-refractivity contribution in [1.29, 1.82) is 0 Å². The molecule has 1 aromatic heterocycles. The van der Waals surface area contributed by atoms with Crippen molar-refractivity contribution in [2.24, 2.45) is 0 Å². The van der Waals surface area contributed by atoms with Gasteiger partial charge in [-0.15, -0.1) is 11.3 Å². The number of carboxylic acid groups (broad SMARTS) is 1. The van der Waals surface area contributed by atoms with Gasteiger partial charge in [-0.2, -0.15) is 17.5 Å². The summed E-state index contributed by atoms with van der Waals surface area (Å²) in [5.74, 6) is -0.668. The predicted octanol–water partition coefficient (Wildman–Crippen LogP) is 6.71. The Bertz CT molecular complexity index is 1350. The average Bonchev–Trinajstić information content (AvgIpc) is 3.35. The predicted molar refractivity (Wildman–Crippen MR) is 141 cm³/mol. The second-order valence-corrected chi connectivity index (χ2v) is 12.5. The molecule has 0 aliphatic heterocycles. The zero-order valence-electron chi connectivity index (χ0n) is 21.3. The highest BCUT2D eigenvalue weighted by molar-refractivity contribution is 7.91. The van der Waals surface area contributed by atoms with Crippen LogP contribution in [0.2, 0.25) is 0 Å². The molecule has 11 heteroatoms. The first kappa shape index (κ1) is 29.7. The number of ether oxygens (including phenoxy) is 1. The number of hydrogen-bond acceptors (Lipinski definition) is 5. The standard InChI is InChI=1S/C27H30F3NO5S2/c1-4-17-31(18-7-8-19-11-13-20(14-12-19)36-26(2,3)25(32)33)38(34,35)24-16-15-23(37-24)21-9-5-6-10-22(21)27(28,29)30/h5-6,9-16H,4,7-8,17-18H2,1-3H3,(H,32,33). The van der Waals surface area contributed by atoms with Gasteiger partial charge in [0.2, 0.25) is 0 Å². The molecule has 0 aliphatic rings. The molecule has 6 nitrogen and oxygen atoms in total. The lowest BCUT2D eigenvalue weighted by Crippen LogP contribution is -2.37. The number of sulfonamides is 1. The molecule has 0 fully saturated rings. The van der Waals surface area contributed by atoms with E-state index in [4.69, 9.17) is 4.74 Å². The molecule has 0 radical (unpaired) electrons. The van der Waals surface area contributed by atoms with Crippen LogP contribution in [0, 0.1) is 0 Å². The van der Waals surface area contributed by atoms with E-state index >= 15 is 0 Å². The van der Waals surface area contributed by atoms with Crippen LogP contribution in [0.1, 0.15) is 44.7 Å². The molecular weight excluding hydrogens is 539 g/mol. The minimum atomic E-state index is -4.55. The van der Waals surface area contributed by atoms with Crippen molar-refractivity contribution in [2.45, 2.75) is 56.0 Å². The topological polar surface area (TPSA) is 83.9 Å². The Hall–Kier alpha value is -2.89. The highest BCUT2D eigenvalue weighted by atomic mass is 32.2. The zero-order valence-corrected chi connectivity index (χ0v) is 22.9. The highest BCUT2D eigenvalue weighted by Gasteiger charge is 2.34. The van der Waals surface area contributed by atoms with Crippen LogP contribution < -0.4 is 4.74 Å². The van der Waals surface area contributed by atoms with Crippen LogP contribution in [0.5, 0.6) is 5.75 Å². The number of halogens is 3. The Morgan fingerprint density at radius 2 is 1.66 bits per heavy atom. The molecule has 1 heterocycles. The minimum absolute atomic E-state index is 0.000439. The average molecular weight is 570 g/mol. The monoisotopic (exact) mass is 569 g/mol. The van der Waals surface area contributed by atoms with Crippen LogP contribution in [-0.4, -0.2) is 42.5 Å². The van der Waals surface area contributed by atoms with Crippen LogP contribution in [0.4, 0.5) is 13.2 Å². The summed E-state index contributed by atoms with van der Waals surface area (Å²) in [6, 6.07) is 14.9. The second kappa shape index (κ2) is 11.9. The molecule has 3 rings (SSSR count). The Morgan fingerprint density at radius 3 is 2.26 bits per heavy atom. The molecule has 0 unspecified atom stereocenters. The van der Waals surface area contributed by atoms with Crippen molar-refractivity contribution >= 4 is 27.3 Å². The van der Waals surface area contributed by atoms with Crippen LogP contribution in [-0.2, 0) is 27.4 Å². The molecule has 2 aromatic carbocycles. The minimum Gasteiger partial charge on any atom is -0.478 e. The summed E-state index contributed by atoms with van der Waals surface area (Å²) in [5, 5.41) is 9.20. The Labute approximate surface area is 224 Å². The molecule has 0 bridgehead atoms. The van der Waals surface area contributed by atoms with Gasteiger partial charge in [-0.25, -0.2) is 13.2 Å². The third-order valence-electron chi connectivity index (χ3n) is 5.83. The number of aryl methyl sites for hydroxylation is 1. The molecular formula is C27H30F3NO5S2. The van der Waals surface area contributed by atoms with Gasteiger partial charge < -0.3 is 9.84 Å². The van der Waals surface area contributed by atoms with Crippen molar-refractivity contribution in [1.82, 2.24) is 4.31 Å². The van der Waals surface area contributed by atoms with Crippen LogP contribution >= 0.6 is 11.3 Å². The first-order chi connectivity index (χ1) is 17.8. The number of hydrogen-bond donors (Lipinski definition) is 1. The molecule has 38 heavy (non-hydrogen) atoms. The lowest BCUT2D eigenvalue weighted by Gasteiger charge is -2.22. The molecule has 0 spiro atoms. The Balaban J connectivity index is 1.70. The van der Waals surface area contributed by atoms with Gasteiger partial charge in [0.25, 0.3) is 10.0 Å². The molecule has 0 saturated carbocycles. The molecule has 0 amide bonds. The fraction of sp³-hybridized carbons (Fsp3) is 0.370. The highest BCUT2D eigenvalue weighted by Crippen LogP contribution is 2.40. The maximum absolute atomic E-state index is 13.5. The quantitative estimate of drug-likeness (QED) is 0.262. The van der Waals surface area contributed by atoms with Gasteiger partial charge >= 0.3 is 12.1 Å². The van der Waals surface area contributed by atoms with Crippen LogP contribution in [0.3, 0.4) is 0 Å². The van der Waals surface area contributed by atoms with Gasteiger partial charge in [0.05, 0.1) is 5.56 Å². The number of rotatable bonds is 12. The summed E-state index contributed by atoms with van der Waals surface area (Å²) < 4.78 is 74.0. The van der Waals surface area contributed by atoms with Crippen molar-refractivity contribution in [3.8, 4) is 16.2 Å². The number of carboxylic acids is 1. The van der Waals surface area contributed by atoms with Gasteiger partial charge in [0.15, 0.2) is 5.60 Å². The normalized spacial score (nSPS) is 12.6. The lowest BCUT2D eigenvalue weighted by molar-refractivity contribution is -0.152. The second-order valence-electron chi connectivity index (χ2n) is 9.23. The third kappa shape index (κ3) is 7.15. The molecule has 206 valence electrons. The Morgan fingerprint density at radius 1 is 1.00 bits per heavy atom. The zero-order chi connectivity index (χ0) is 28.1. The summed E-state index contributed by atoms with van der Waals surface area (Å²) in [6.45, 7) is 5.30. The van der Waals surface area contributed by atoms with Gasteiger partial charge in [-0.05, 0) is 69.0 Å². The SMILES string of the molecule is CCCN(CCCc1ccc(OC(C)(C)C(=O)O)cc1)S(=O)(=O)c1ccc(-c2ccccc2C(F)(F)F)s1. The van der Waals surface area contributed by atoms with E-state index in [1.807, 2.05) is 6.92 Å². The summed E-state index contributed by atoms with van der Waals surface area (Å²) in [5.41, 5.74) is -1.29. The number of aliphatic carboxylic acids is 1. The number of thiophene rings is 1. The van der Waals surface area contributed by atoms with Gasteiger partial charge in [0, 0.05) is 23.5 Å². The van der Waals surface area contributed by atoms with Crippen molar-refractivity contribution in [3.05, 3.63) is 71.8 Å². The first-order valence-corrected chi connectivity index (χ1v) is 14.3. The van der Waals surface area contributed by atoms with E-state index in [1.54, 1.807) is 24.3 Å². The van der Waals surface area contributed by atoms with Crippen molar-refractivity contribution < 1.29 is 36.2 Å². The lowest BCUT2D eigenvalue weighted by atomic mass is 10.1. The molecule has 0 saturated heterocycles. The van der Waals surface area contributed by atoms with Gasteiger partial charge in [-0.1, -0.05) is 37.3 Å². The maximum Gasteiger partial charge on any atom is 0.417 e. The fourth-order valence-corrected chi connectivity index (χ4v) is 6.87. The molecule has 1 N–H and O–H groups in total.